The molecule has 0 aliphatic heterocycles. The zero-order valence-corrected chi connectivity index (χ0v) is 19.0. The fourth-order valence-electron chi connectivity index (χ4n) is 3.71. The minimum atomic E-state index is -2.95. The van der Waals surface area contributed by atoms with Crippen molar-refractivity contribution in [3.63, 3.8) is 0 Å². The lowest BCUT2D eigenvalue weighted by Gasteiger charge is -2.29. The summed E-state index contributed by atoms with van der Waals surface area (Å²) in [6.45, 7) is 6.64. The van der Waals surface area contributed by atoms with E-state index in [1.54, 1.807) is 38.1 Å². The smallest absolute Gasteiger partial charge is 0.277 e. The second-order valence-electron chi connectivity index (χ2n) is 8.74. The molecular weight excluding hydrogens is 431 g/mol. The number of fused-ring (bicyclic) bond motifs is 1. The molecule has 1 aromatic carbocycles. The molecule has 1 atom stereocenters. The molecule has 0 bridgehead atoms. The van der Waals surface area contributed by atoms with Crippen molar-refractivity contribution in [3.8, 4) is 5.88 Å². The summed E-state index contributed by atoms with van der Waals surface area (Å²) in [6, 6.07) is 8.33. The first kappa shape index (κ1) is 24.6. The maximum atomic E-state index is 14.2. The first-order valence-corrected chi connectivity index (χ1v) is 10.4. The number of hydrogen-bond acceptors (Lipinski definition) is 7. The van der Waals surface area contributed by atoms with Gasteiger partial charge in [-0.15, -0.1) is 0 Å². The van der Waals surface area contributed by atoms with Crippen molar-refractivity contribution in [1.29, 1.82) is 0 Å². The maximum Gasteiger partial charge on any atom is 0.277 e. The molecule has 0 saturated heterocycles. The number of hydrogen-bond donors (Lipinski definition) is 5. The van der Waals surface area contributed by atoms with Gasteiger partial charge in [-0.1, -0.05) is 12.1 Å². The van der Waals surface area contributed by atoms with Gasteiger partial charge in [0.2, 0.25) is 5.88 Å². The minimum absolute atomic E-state index is 0.00570. The molecule has 3 rings (SSSR count). The molecule has 0 fully saturated rings. The molecule has 0 radical (unpaired) electrons. The molecule has 10 heteroatoms. The van der Waals surface area contributed by atoms with Crippen LogP contribution in [0.5, 0.6) is 5.88 Å². The number of halogens is 1. The van der Waals surface area contributed by atoms with E-state index >= 15 is 0 Å². The SMILES string of the molecule is Cc1cc(OCc2c(C)cccc2F)n2nc(C)c(C(=O)NCC(C)(N)CC(O)(O)O)c2c1. The Labute approximate surface area is 190 Å². The van der Waals surface area contributed by atoms with Gasteiger partial charge >= 0.3 is 0 Å². The van der Waals surface area contributed by atoms with Crippen LogP contribution in [-0.2, 0) is 6.61 Å². The number of carbonyl (C=O) groups excluding carboxylic acids is 1. The number of rotatable bonds is 8. The molecule has 1 amide bonds. The first-order valence-electron chi connectivity index (χ1n) is 10.4. The molecule has 2 heterocycles. The van der Waals surface area contributed by atoms with Crippen LogP contribution in [0, 0.1) is 26.6 Å². The molecule has 6 N–H and O–H groups in total. The van der Waals surface area contributed by atoms with Crippen LogP contribution in [0.2, 0.25) is 0 Å². The van der Waals surface area contributed by atoms with Crippen molar-refractivity contribution in [2.24, 2.45) is 5.73 Å². The van der Waals surface area contributed by atoms with E-state index in [1.807, 2.05) is 6.92 Å². The Morgan fingerprint density at radius 3 is 2.58 bits per heavy atom. The summed E-state index contributed by atoms with van der Waals surface area (Å²) in [6.07, 6.45) is -0.569. The summed E-state index contributed by atoms with van der Waals surface area (Å²) in [5.41, 5.74) is 7.90. The normalized spacial score (nSPS) is 13.7. The third kappa shape index (κ3) is 5.85. The van der Waals surface area contributed by atoms with E-state index in [-0.39, 0.29) is 19.0 Å². The van der Waals surface area contributed by atoms with E-state index in [0.717, 1.165) is 11.1 Å². The molecule has 9 nitrogen and oxygen atoms in total. The molecule has 3 aromatic rings. The minimum Gasteiger partial charge on any atom is -0.473 e. The number of nitrogens with one attached hydrogen (secondary N) is 1. The monoisotopic (exact) mass is 460 g/mol. The number of pyridine rings is 1. The highest BCUT2D eigenvalue weighted by Gasteiger charge is 2.32. The summed E-state index contributed by atoms with van der Waals surface area (Å²) in [5.74, 6) is -3.43. The summed E-state index contributed by atoms with van der Waals surface area (Å²) >= 11 is 0. The number of benzene rings is 1. The van der Waals surface area contributed by atoms with Gasteiger partial charge in [0.25, 0.3) is 11.9 Å². The fourth-order valence-corrected chi connectivity index (χ4v) is 3.71. The Kier molecular flexibility index (Phi) is 6.75. The number of aliphatic hydroxyl groups is 3. The Balaban J connectivity index is 1.87. The van der Waals surface area contributed by atoms with E-state index < -0.39 is 23.8 Å². The van der Waals surface area contributed by atoms with Gasteiger partial charge in [-0.2, -0.15) is 9.61 Å². The zero-order chi connectivity index (χ0) is 24.6. The largest absolute Gasteiger partial charge is 0.473 e. The highest BCUT2D eigenvalue weighted by molar-refractivity contribution is 6.02. The Hall–Kier alpha value is -3.05. The van der Waals surface area contributed by atoms with Gasteiger partial charge in [0, 0.05) is 30.1 Å². The maximum absolute atomic E-state index is 14.2. The second kappa shape index (κ2) is 9.06. The third-order valence-electron chi connectivity index (χ3n) is 5.26. The van der Waals surface area contributed by atoms with Gasteiger partial charge in [0.15, 0.2) is 0 Å². The van der Waals surface area contributed by atoms with E-state index in [9.17, 15) is 24.5 Å². The lowest BCUT2D eigenvalue weighted by Crippen LogP contribution is -2.52. The fraction of sp³-hybridized carbons (Fsp3) is 0.391. The molecule has 0 aliphatic carbocycles. The van der Waals surface area contributed by atoms with Crippen molar-refractivity contribution in [2.45, 2.75) is 52.2 Å². The topological polar surface area (TPSA) is 142 Å². The second-order valence-corrected chi connectivity index (χ2v) is 8.74. The van der Waals surface area contributed by atoms with E-state index in [2.05, 4.69) is 10.4 Å². The molecule has 1 unspecified atom stereocenters. The highest BCUT2D eigenvalue weighted by atomic mass is 19.1. The molecule has 33 heavy (non-hydrogen) atoms. The molecular formula is C23H29FN4O5. The number of amides is 1. The van der Waals surface area contributed by atoms with Crippen LogP contribution < -0.4 is 15.8 Å². The number of nitrogens with two attached hydrogens (primary N) is 1. The third-order valence-corrected chi connectivity index (χ3v) is 5.26. The predicted octanol–water partition coefficient (Wildman–Crippen LogP) is 1.45. The highest BCUT2D eigenvalue weighted by Crippen LogP contribution is 2.25. The first-order chi connectivity index (χ1) is 15.3. The molecule has 0 saturated carbocycles. The standard InChI is InChI=1S/C23H29FN4O5/c1-13-8-18-20(21(29)26-12-22(4,25)11-23(30,31)32)15(3)27-28(18)19(9-13)33-10-16-14(2)6-5-7-17(16)24/h5-9,30-32H,10-12,25H2,1-4H3,(H,26,29). The quantitative estimate of drug-likeness (QED) is 0.320. The molecule has 2 aromatic heterocycles. The number of ether oxygens (including phenoxy) is 1. The van der Waals surface area contributed by atoms with Crippen LogP contribution in [-0.4, -0.2) is 48.9 Å². The lowest BCUT2D eigenvalue weighted by atomic mass is 9.97. The molecule has 0 aliphatic rings. The summed E-state index contributed by atoms with van der Waals surface area (Å²) in [5, 5.41) is 34.6. The van der Waals surface area contributed by atoms with Crippen LogP contribution in [0.15, 0.2) is 30.3 Å². The van der Waals surface area contributed by atoms with Crippen LogP contribution in [0.25, 0.3) is 5.52 Å². The van der Waals surface area contributed by atoms with Crippen molar-refractivity contribution in [2.75, 3.05) is 6.54 Å². The van der Waals surface area contributed by atoms with Gasteiger partial charge in [0.05, 0.1) is 16.8 Å². The number of aromatic nitrogens is 2. The van der Waals surface area contributed by atoms with Crippen molar-refractivity contribution < 1.29 is 29.2 Å². The van der Waals surface area contributed by atoms with E-state index in [4.69, 9.17) is 10.5 Å². The van der Waals surface area contributed by atoms with Gasteiger partial charge < -0.3 is 31.1 Å². The number of nitrogens with zero attached hydrogens (tertiary/aromatic N) is 2. The Bertz CT molecular complexity index is 1160. The molecule has 178 valence electrons. The van der Waals surface area contributed by atoms with Crippen molar-refractivity contribution in [1.82, 2.24) is 14.9 Å². The Morgan fingerprint density at radius 2 is 1.94 bits per heavy atom. The summed E-state index contributed by atoms with van der Waals surface area (Å²) in [4.78, 5) is 12.9. The Morgan fingerprint density at radius 1 is 1.24 bits per heavy atom. The van der Waals surface area contributed by atoms with E-state index in [1.165, 1.54) is 17.5 Å². The zero-order valence-electron chi connectivity index (χ0n) is 19.0. The van der Waals surface area contributed by atoms with Gasteiger partial charge in [-0.25, -0.2) is 4.39 Å². The van der Waals surface area contributed by atoms with Gasteiger partial charge in [-0.05, 0) is 51.0 Å². The van der Waals surface area contributed by atoms with Crippen molar-refractivity contribution in [3.05, 3.63) is 64.1 Å². The van der Waals surface area contributed by atoms with E-state index in [0.29, 0.717) is 28.2 Å². The van der Waals surface area contributed by atoms with Crippen LogP contribution >= 0.6 is 0 Å². The van der Waals surface area contributed by atoms with Crippen LogP contribution in [0.3, 0.4) is 0 Å². The lowest BCUT2D eigenvalue weighted by molar-refractivity contribution is -0.320. The van der Waals surface area contributed by atoms with Gasteiger partial charge in [0.1, 0.15) is 12.4 Å². The number of aryl methyl sites for hydroxylation is 3. The van der Waals surface area contributed by atoms with Gasteiger partial charge in [-0.3, -0.25) is 4.79 Å². The van der Waals surface area contributed by atoms with Crippen molar-refractivity contribution >= 4 is 11.4 Å². The summed E-state index contributed by atoms with van der Waals surface area (Å²) in [7, 11) is 0. The summed E-state index contributed by atoms with van der Waals surface area (Å²) < 4.78 is 21.6. The average Bonchev–Trinajstić information content (AvgIpc) is 2.99. The number of carbonyl (C=O) groups is 1. The average molecular weight is 461 g/mol. The predicted molar refractivity (Wildman–Crippen MR) is 119 cm³/mol. The van der Waals surface area contributed by atoms with Crippen LogP contribution in [0.1, 0.15) is 46.1 Å². The van der Waals surface area contributed by atoms with Crippen LogP contribution in [0.4, 0.5) is 4.39 Å². The molecule has 0 spiro atoms.